The van der Waals surface area contributed by atoms with E-state index in [-0.39, 0.29) is 6.04 Å². The second-order valence-corrected chi connectivity index (χ2v) is 10.5. The third kappa shape index (κ3) is 4.69. The number of anilines is 2. The van der Waals surface area contributed by atoms with Crippen molar-refractivity contribution in [2.75, 3.05) is 56.2 Å². The molecule has 0 amide bonds. The SMILES string of the molecule is Cc1ccc2[nH]ncc2c1N1CCc2c(nc(OC[C@@H]3CCCN3C)nc2N2CCNC(CC#N)C2)C1. The molecule has 37 heavy (non-hydrogen) atoms. The molecule has 6 rings (SSSR count). The summed E-state index contributed by atoms with van der Waals surface area (Å²) in [7, 11) is 2.16. The highest BCUT2D eigenvalue weighted by atomic mass is 16.5. The maximum atomic E-state index is 9.26. The molecular formula is C27H35N9O. The van der Waals surface area contributed by atoms with Gasteiger partial charge in [0.05, 0.1) is 42.1 Å². The number of likely N-dealkylation sites (N-methyl/N-ethyl adjacent to an activating group) is 1. The maximum absolute atomic E-state index is 9.26. The van der Waals surface area contributed by atoms with E-state index in [0.717, 1.165) is 68.0 Å². The lowest BCUT2D eigenvalue weighted by Crippen LogP contribution is -2.51. The molecule has 10 heteroatoms. The number of nitriles is 1. The summed E-state index contributed by atoms with van der Waals surface area (Å²) in [6, 6.07) is 7.56. The summed E-state index contributed by atoms with van der Waals surface area (Å²) >= 11 is 0. The van der Waals surface area contributed by atoms with Crippen LogP contribution in [-0.2, 0) is 13.0 Å². The van der Waals surface area contributed by atoms with Crippen LogP contribution in [-0.4, -0.2) is 83.5 Å². The van der Waals surface area contributed by atoms with Crippen LogP contribution in [0.15, 0.2) is 18.3 Å². The number of piperazine rings is 1. The zero-order valence-electron chi connectivity index (χ0n) is 21.7. The first-order chi connectivity index (χ1) is 18.1. The molecule has 2 fully saturated rings. The van der Waals surface area contributed by atoms with Crippen LogP contribution in [0.3, 0.4) is 0 Å². The molecule has 1 unspecified atom stereocenters. The zero-order valence-corrected chi connectivity index (χ0v) is 21.7. The Bertz CT molecular complexity index is 1320. The molecule has 5 heterocycles. The average Bonchev–Trinajstić information content (AvgIpc) is 3.55. The summed E-state index contributed by atoms with van der Waals surface area (Å²) < 4.78 is 6.26. The number of aromatic amines is 1. The van der Waals surface area contributed by atoms with Gasteiger partial charge in [0.2, 0.25) is 0 Å². The molecule has 1 aromatic carbocycles. The molecule has 2 N–H and O–H groups in total. The van der Waals surface area contributed by atoms with Crippen LogP contribution < -0.4 is 19.9 Å². The summed E-state index contributed by atoms with van der Waals surface area (Å²) in [6.45, 7) is 7.90. The van der Waals surface area contributed by atoms with Gasteiger partial charge >= 0.3 is 6.01 Å². The van der Waals surface area contributed by atoms with E-state index in [1.54, 1.807) is 0 Å². The third-order valence-corrected chi connectivity index (χ3v) is 8.11. The fourth-order valence-electron chi connectivity index (χ4n) is 6.06. The normalized spacial score (nSPS) is 22.3. The van der Waals surface area contributed by atoms with E-state index in [9.17, 15) is 5.26 Å². The second-order valence-electron chi connectivity index (χ2n) is 10.5. The lowest BCUT2D eigenvalue weighted by molar-refractivity contribution is 0.187. The predicted octanol–water partition coefficient (Wildman–Crippen LogP) is 2.39. The van der Waals surface area contributed by atoms with E-state index in [2.05, 4.69) is 62.4 Å². The molecule has 0 saturated carbocycles. The van der Waals surface area contributed by atoms with Gasteiger partial charge in [-0.25, -0.2) is 0 Å². The van der Waals surface area contributed by atoms with Gasteiger partial charge in [0.1, 0.15) is 12.4 Å². The number of hydrogen-bond donors (Lipinski definition) is 2. The molecule has 3 aliphatic rings. The van der Waals surface area contributed by atoms with Gasteiger partial charge in [-0.15, -0.1) is 0 Å². The van der Waals surface area contributed by atoms with E-state index >= 15 is 0 Å². The van der Waals surface area contributed by atoms with Crippen molar-refractivity contribution in [3.63, 3.8) is 0 Å². The summed E-state index contributed by atoms with van der Waals surface area (Å²) in [6.07, 6.45) is 5.61. The Labute approximate surface area is 217 Å². The lowest BCUT2D eigenvalue weighted by Gasteiger charge is -2.37. The van der Waals surface area contributed by atoms with Gasteiger partial charge in [0, 0.05) is 49.2 Å². The smallest absolute Gasteiger partial charge is 0.318 e. The Balaban J connectivity index is 1.33. The van der Waals surface area contributed by atoms with E-state index in [1.807, 2.05) is 6.20 Å². The van der Waals surface area contributed by atoms with Crippen molar-refractivity contribution in [1.82, 2.24) is 30.4 Å². The Kier molecular flexibility index (Phi) is 6.57. The molecule has 2 aromatic heterocycles. The Morgan fingerprint density at radius 3 is 2.95 bits per heavy atom. The first-order valence-electron chi connectivity index (χ1n) is 13.4. The second kappa shape index (κ2) is 10.1. The molecule has 0 bridgehead atoms. The number of benzene rings is 1. The molecule has 194 valence electrons. The Morgan fingerprint density at radius 1 is 1.19 bits per heavy atom. The van der Waals surface area contributed by atoms with Crippen LogP contribution in [0.2, 0.25) is 0 Å². The molecule has 3 aromatic rings. The highest BCUT2D eigenvalue weighted by Crippen LogP contribution is 2.35. The van der Waals surface area contributed by atoms with Gasteiger partial charge in [-0.2, -0.15) is 20.3 Å². The van der Waals surface area contributed by atoms with Crippen LogP contribution in [0.25, 0.3) is 10.9 Å². The van der Waals surface area contributed by atoms with Crippen molar-refractivity contribution in [3.8, 4) is 12.1 Å². The van der Waals surface area contributed by atoms with Gasteiger partial charge in [-0.3, -0.25) is 5.10 Å². The number of aromatic nitrogens is 4. The topological polar surface area (TPSA) is 109 Å². The number of H-pyrrole nitrogens is 1. The molecule has 2 atom stereocenters. The largest absolute Gasteiger partial charge is 0.462 e. The van der Waals surface area contributed by atoms with E-state index in [4.69, 9.17) is 14.7 Å². The number of nitrogens with one attached hydrogen (secondary N) is 2. The van der Waals surface area contributed by atoms with E-state index < -0.39 is 0 Å². The van der Waals surface area contributed by atoms with Crippen molar-refractivity contribution in [2.24, 2.45) is 0 Å². The summed E-state index contributed by atoms with van der Waals surface area (Å²) in [5, 5.41) is 21.3. The van der Waals surface area contributed by atoms with E-state index in [1.165, 1.54) is 23.2 Å². The minimum atomic E-state index is 0.141. The van der Waals surface area contributed by atoms with Crippen molar-refractivity contribution >= 4 is 22.4 Å². The highest BCUT2D eigenvalue weighted by Gasteiger charge is 2.30. The number of likely N-dealkylation sites (tertiary alicyclic amines) is 1. The Morgan fingerprint density at radius 2 is 2.11 bits per heavy atom. The molecule has 0 spiro atoms. The quantitative estimate of drug-likeness (QED) is 0.526. The fraction of sp³-hybridized carbons (Fsp3) is 0.556. The number of aryl methyl sites for hydroxylation is 1. The monoisotopic (exact) mass is 501 g/mol. The molecule has 0 radical (unpaired) electrons. The van der Waals surface area contributed by atoms with Gasteiger partial charge in [0.25, 0.3) is 0 Å². The minimum Gasteiger partial charge on any atom is -0.462 e. The lowest BCUT2D eigenvalue weighted by atomic mass is 10.0. The first-order valence-corrected chi connectivity index (χ1v) is 13.4. The van der Waals surface area contributed by atoms with Crippen molar-refractivity contribution in [1.29, 1.82) is 5.26 Å². The number of fused-ring (bicyclic) bond motifs is 2. The summed E-state index contributed by atoms with van der Waals surface area (Å²) in [5.41, 5.74) is 5.72. The number of nitrogens with zero attached hydrogens (tertiary/aromatic N) is 7. The third-order valence-electron chi connectivity index (χ3n) is 8.11. The van der Waals surface area contributed by atoms with Crippen molar-refractivity contribution in [2.45, 2.75) is 51.2 Å². The Hall–Kier alpha value is -3.42. The van der Waals surface area contributed by atoms with Crippen LogP contribution >= 0.6 is 0 Å². The number of hydrogen-bond acceptors (Lipinski definition) is 9. The fourth-order valence-corrected chi connectivity index (χ4v) is 6.06. The van der Waals surface area contributed by atoms with Gasteiger partial charge < -0.3 is 24.8 Å². The van der Waals surface area contributed by atoms with Gasteiger partial charge in [-0.05, 0) is 51.4 Å². The first kappa shape index (κ1) is 23.9. The minimum absolute atomic E-state index is 0.141. The van der Waals surface area contributed by atoms with Crippen LogP contribution in [0.5, 0.6) is 6.01 Å². The van der Waals surface area contributed by atoms with Gasteiger partial charge in [0.15, 0.2) is 0 Å². The van der Waals surface area contributed by atoms with Crippen LogP contribution in [0.4, 0.5) is 11.5 Å². The maximum Gasteiger partial charge on any atom is 0.318 e. The van der Waals surface area contributed by atoms with Crippen LogP contribution in [0.1, 0.15) is 36.1 Å². The average molecular weight is 502 g/mol. The summed E-state index contributed by atoms with van der Waals surface area (Å²) in [5.74, 6) is 0.974. The predicted molar refractivity (Wildman–Crippen MR) is 143 cm³/mol. The summed E-state index contributed by atoms with van der Waals surface area (Å²) in [4.78, 5) is 17.0. The molecule has 10 nitrogen and oxygen atoms in total. The van der Waals surface area contributed by atoms with E-state index in [0.29, 0.717) is 31.6 Å². The van der Waals surface area contributed by atoms with Crippen molar-refractivity contribution in [3.05, 3.63) is 35.2 Å². The number of ether oxygens (including phenoxy) is 1. The van der Waals surface area contributed by atoms with Crippen LogP contribution in [0, 0.1) is 18.3 Å². The highest BCUT2D eigenvalue weighted by molar-refractivity contribution is 5.93. The molecular weight excluding hydrogens is 466 g/mol. The standard InChI is InChI=1S/C27H35N9O/c1-18-5-6-23-22(14-30-33-23)25(18)35-12-8-21-24(16-35)31-27(37-17-20-4-3-11-34(20)2)32-26(21)36-13-10-29-19(15-36)7-9-28/h5-6,14,19-20,29H,3-4,7-8,10-13,15-17H2,1-2H3,(H,30,33)/t19?,20-/m0/s1. The molecule has 0 aliphatic carbocycles. The number of rotatable bonds is 6. The van der Waals surface area contributed by atoms with Gasteiger partial charge in [-0.1, -0.05) is 6.07 Å². The van der Waals surface area contributed by atoms with Crippen molar-refractivity contribution < 1.29 is 4.74 Å². The molecule has 2 saturated heterocycles. The zero-order chi connectivity index (χ0) is 25.4. The molecule has 3 aliphatic heterocycles.